The van der Waals surface area contributed by atoms with E-state index in [9.17, 15) is 14.4 Å². The fourth-order valence-corrected chi connectivity index (χ4v) is 7.96. The summed E-state index contributed by atoms with van der Waals surface area (Å²) in [6.45, 7) is 6.66. The quantitative estimate of drug-likeness (QED) is 0.0951. The molecule has 2 aliphatic carbocycles. The molecule has 2 aromatic heterocycles. The lowest BCUT2D eigenvalue weighted by molar-refractivity contribution is -0.138. The lowest BCUT2D eigenvalue weighted by atomic mass is 9.93. The Kier molecular flexibility index (Phi) is 11.0. The summed E-state index contributed by atoms with van der Waals surface area (Å²) in [5.41, 5.74) is 10.0. The Morgan fingerprint density at radius 3 is 2.45 bits per heavy atom. The standard InChI is InChI=1S/C40H46N4O6S/c1-23(2)33-22-51-38(43-33)32-21-35(28-15-16-34(49-4)24(3)36(28)42-32)50-27-19-30(37(41)45)31(20-27)39(46)44(26-13-9-7-10-14-26)17-11-6-5-8-12-25-18-29(25)40(47)48/h7-10,12-16,21-23,25,27,29-31H,5-6,11,17-20H2,1-4H3,(H2,41,45)(H,47,48)/b12-8-/t25-,27?,29+,30-,31-/m1/s1. The molecule has 0 saturated heterocycles. The highest BCUT2D eigenvalue weighted by Crippen LogP contribution is 2.42. The van der Waals surface area contributed by atoms with Gasteiger partial charge in [0.25, 0.3) is 0 Å². The summed E-state index contributed by atoms with van der Waals surface area (Å²) in [6.07, 6.45) is 7.37. The van der Waals surface area contributed by atoms with Gasteiger partial charge in [0.05, 0.1) is 36.1 Å². The summed E-state index contributed by atoms with van der Waals surface area (Å²) < 4.78 is 12.3. The van der Waals surface area contributed by atoms with Gasteiger partial charge in [0, 0.05) is 34.6 Å². The second kappa shape index (κ2) is 15.6. The number of rotatable bonds is 15. The minimum absolute atomic E-state index is 0.127. The minimum Gasteiger partial charge on any atom is -0.496 e. The van der Waals surface area contributed by atoms with Crippen LogP contribution in [0.15, 0.2) is 66.1 Å². The average molecular weight is 711 g/mol. The number of primary amides is 1. The van der Waals surface area contributed by atoms with E-state index in [0.29, 0.717) is 43.0 Å². The minimum atomic E-state index is -0.735. The molecule has 51 heavy (non-hydrogen) atoms. The number of allylic oxidation sites excluding steroid dienone is 2. The van der Waals surface area contributed by atoms with Gasteiger partial charge >= 0.3 is 5.97 Å². The van der Waals surface area contributed by atoms with Gasteiger partial charge in [-0.1, -0.05) is 44.2 Å². The van der Waals surface area contributed by atoms with Crippen LogP contribution in [0.3, 0.4) is 0 Å². The van der Waals surface area contributed by atoms with Crippen LogP contribution in [0.1, 0.15) is 69.5 Å². The second-order valence-electron chi connectivity index (χ2n) is 13.9. The van der Waals surface area contributed by atoms with Crippen LogP contribution < -0.4 is 20.1 Å². The maximum atomic E-state index is 14.4. The first-order chi connectivity index (χ1) is 24.5. The Labute approximate surface area is 302 Å². The number of aliphatic carboxylic acids is 1. The van der Waals surface area contributed by atoms with Crippen LogP contribution in [-0.4, -0.2) is 52.6 Å². The molecule has 0 radical (unpaired) electrons. The molecule has 0 aliphatic heterocycles. The van der Waals surface area contributed by atoms with Gasteiger partial charge in [-0.2, -0.15) is 0 Å². The number of ether oxygens (including phenoxy) is 2. The van der Waals surface area contributed by atoms with E-state index >= 15 is 0 Å². The number of para-hydroxylation sites is 1. The van der Waals surface area contributed by atoms with E-state index in [0.717, 1.165) is 52.1 Å². The van der Waals surface area contributed by atoms with E-state index in [1.54, 1.807) is 12.0 Å². The van der Waals surface area contributed by atoms with Gasteiger partial charge in [0.1, 0.15) is 28.3 Å². The van der Waals surface area contributed by atoms with E-state index in [2.05, 4.69) is 19.2 Å². The first-order valence-electron chi connectivity index (χ1n) is 17.7. The number of pyridine rings is 1. The molecule has 0 spiro atoms. The van der Waals surface area contributed by atoms with Gasteiger partial charge in [-0.3, -0.25) is 14.4 Å². The third kappa shape index (κ3) is 8.09. The molecule has 5 atom stereocenters. The monoisotopic (exact) mass is 710 g/mol. The van der Waals surface area contributed by atoms with Crippen LogP contribution in [0.25, 0.3) is 21.6 Å². The van der Waals surface area contributed by atoms with E-state index in [-0.39, 0.29) is 23.7 Å². The first kappa shape index (κ1) is 36.0. The molecule has 2 fully saturated rings. The van der Waals surface area contributed by atoms with Crippen molar-refractivity contribution in [1.29, 1.82) is 0 Å². The van der Waals surface area contributed by atoms with Crippen molar-refractivity contribution in [2.24, 2.45) is 29.4 Å². The summed E-state index contributed by atoms with van der Waals surface area (Å²) in [6, 6.07) is 15.2. The molecule has 4 aromatic rings. The number of fused-ring (bicyclic) bond motifs is 1. The van der Waals surface area contributed by atoms with Gasteiger partial charge in [0.15, 0.2) is 0 Å². The van der Waals surface area contributed by atoms with E-state index in [4.69, 9.17) is 30.3 Å². The number of unbranched alkanes of at least 4 members (excludes halogenated alkanes) is 2. The van der Waals surface area contributed by atoms with Crippen molar-refractivity contribution in [3.63, 3.8) is 0 Å². The summed E-state index contributed by atoms with van der Waals surface area (Å²) in [7, 11) is 1.63. The SMILES string of the molecule is COc1ccc2c(OC3C[C@@H](C(N)=O)[C@H](C(=O)N(CCCC/C=C\[C@@H]4C[C@@H]4C(=O)O)c4ccccc4)C3)cc(-c3nc(C(C)C)cs3)nc2c1C. The normalized spacial score (nSPS) is 21.3. The lowest BCUT2D eigenvalue weighted by Gasteiger charge is -2.27. The van der Waals surface area contributed by atoms with Crippen molar-refractivity contribution >= 4 is 45.7 Å². The Bertz CT molecular complexity index is 1920. The molecule has 268 valence electrons. The number of anilines is 1. The Hall–Kier alpha value is -4.77. The predicted octanol–water partition coefficient (Wildman–Crippen LogP) is 7.54. The van der Waals surface area contributed by atoms with Crippen molar-refractivity contribution < 1.29 is 29.0 Å². The number of hydrogen-bond acceptors (Lipinski definition) is 8. The number of hydrogen-bond donors (Lipinski definition) is 2. The first-order valence-corrected chi connectivity index (χ1v) is 18.6. The number of thiazole rings is 1. The maximum Gasteiger partial charge on any atom is 0.307 e. The zero-order valence-electron chi connectivity index (χ0n) is 29.6. The summed E-state index contributed by atoms with van der Waals surface area (Å²) in [5.74, 6) is -1.24. The van der Waals surface area contributed by atoms with Crippen LogP contribution in [0, 0.1) is 30.6 Å². The molecule has 2 amide bonds. The third-order valence-electron chi connectivity index (χ3n) is 10.1. The number of nitrogens with zero attached hydrogens (tertiary/aromatic N) is 3. The predicted molar refractivity (Wildman–Crippen MR) is 199 cm³/mol. The van der Waals surface area contributed by atoms with Gasteiger partial charge in [-0.05, 0) is 81.5 Å². The van der Waals surface area contributed by atoms with Gasteiger partial charge in [-0.15, -0.1) is 11.3 Å². The molecule has 2 aromatic carbocycles. The lowest BCUT2D eigenvalue weighted by Crippen LogP contribution is -2.41. The fourth-order valence-electron chi connectivity index (χ4n) is 7.02. The zero-order valence-corrected chi connectivity index (χ0v) is 30.4. The topological polar surface area (TPSA) is 145 Å². The molecule has 11 heteroatoms. The molecular formula is C40H46N4O6S. The third-order valence-corrected chi connectivity index (χ3v) is 11.0. The van der Waals surface area contributed by atoms with Crippen LogP contribution in [0.4, 0.5) is 5.69 Å². The largest absolute Gasteiger partial charge is 0.496 e. The van der Waals surface area contributed by atoms with Gasteiger partial charge in [-0.25, -0.2) is 9.97 Å². The smallest absolute Gasteiger partial charge is 0.307 e. The maximum absolute atomic E-state index is 14.4. The molecule has 3 N–H and O–H groups in total. The van der Waals surface area contributed by atoms with E-state index in [1.807, 2.05) is 67.6 Å². The zero-order chi connectivity index (χ0) is 36.2. The molecule has 2 heterocycles. The van der Waals surface area contributed by atoms with Crippen LogP contribution in [0.2, 0.25) is 0 Å². The Morgan fingerprint density at radius 2 is 1.78 bits per heavy atom. The number of aromatic nitrogens is 2. The Balaban J connectivity index is 1.22. The van der Waals surface area contributed by atoms with Crippen molar-refractivity contribution in [2.75, 3.05) is 18.6 Å². The van der Waals surface area contributed by atoms with Gasteiger partial charge in [0.2, 0.25) is 11.8 Å². The number of carboxylic acid groups (broad SMARTS) is 1. The van der Waals surface area contributed by atoms with E-state index < -0.39 is 29.8 Å². The Morgan fingerprint density at radius 1 is 1.02 bits per heavy atom. The highest BCUT2D eigenvalue weighted by molar-refractivity contribution is 7.13. The van der Waals surface area contributed by atoms with Crippen molar-refractivity contribution in [2.45, 2.75) is 71.3 Å². The number of carbonyl (C=O) groups is 3. The van der Waals surface area contributed by atoms with Crippen molar-refractivity contribution in [1.82, 2.24) is 9.97 Å². The van der Waals surface area contributed by atoms with Crippen LogP contribution >= 0.6 is 11.3 Å². The number of benzene rings is 2. The molecule has 0 bridgehead atoms. The molecule has 6 rings (SSSR count). The molecule has 10 nitrogen and oxygen atoms in total. The molecular weight excluding hydrogens is 665 g/mol. The number of nitrogens with two attached hydrogens (primary N) is 1. The number of methoxy groups -OCH3 is 1. The van der Waals surface area contributed by atoms with Crippen LogP contribution in [0.5, 0.6) is 11.5 Å². The van der Waals surface area contributed by atoms with E-state index in [1.165, 1.54) is 11.3 Å². The number of carbonyl (C=O) groups excluding carboxylic acids is 2. The summed E-state index contributed by atoms with van der Waals surface area (Å²) in [5, 5.41) is 12.8. The molecule has 1 unspecified atom stereocenters. The summed E-state index contributed by atoms with van der Waals surface area (Å²) >= 11 is 1.54. The van der Waals surface area contributed by atoms with Gasteiger partial charge < -0.3 is 25.2 Å². The van der Waals surface area contributed by atoms with Crippen molar-refractivity contribution in [3.05, 3.63) is 77.3 Å². The molecule has 2 aliphatic rings. The number of amides is 2. The second-order valence-corrected chi connectivity index (χ2v) is 14.8. The average Bonchev–Trinajstić information content (AvgIpc) is 3.50. The number of aryl methyl sites for hydroxylation is 1. The fraction of sp³-hybridized carbons (Fsp3) is 0.425. The highest BCUT2D eigenvalue weighted by atomic mass is 32.1. The number of carboxylic acids is 1. The highest BCUT2D eigenvalue weighted by Gasteiger charge is 2.45. The van der Waals surface area contributed by atoms with Crippen LogP contribution in [-0.2, 0) is 14.4 Å². The summed E-state index contributed by atoms with van der Waals surface area (Å²) in [4.78, 5) is 50.0. The van der Waals surface area contributed by atoms with Crippen molar-refractivity contribution in [3.8, 4) is 22.2 Å². The molecule has 2 saturated carbocycles.